The smallest absolute Gasteiger partial charge is 0.251 e. The monoisotopic (exact) mass is 291 g/mol. The lowest BCUT2D eigenvalue weighted by Crippen LogP contribution is -2.37. The second kappa shape index (κ2) is 7.28. The highest BCUT2D eigenvalue weighted by Crippen LogP contribution is 2.20. The Morgan fingerprint density at radius 2 is 2.12 bits per heavy atom. The summed E-state index contributed by atoms with van der Waals surface area (Å²) >= 11 is 3.41. The van der Waals surface area contributed by atoms with E-state index in [2.05, 4.69) is 15.9 Å². The van der Waals surface area contributed by atoms with Gasteiger partial charge in [-0.05, 0) is 32.6 Å². The van der Waals surface area contributed by atoms with Gasteiger partial charge in [0.25, 0.3) is 5.91 Å². The Morgan fingerprint density at radius 1 is 1.38 bits per heavy atom. The quantitative estimate of drug-likeness (QED) is 0.556. The van der Waals surface area contributed by atoms with E-state index in [4.69, 9.17) is 4.74 Å². The fraction of sp³-hybridized carbons (Fsp3) is 0.917. The van der Waals surface area contributed by atoms with Gasteiger partial charge in [-0.3, -0.25) is 4.79 Å². The van der Waals surface area contributed by atoms with Crippen molar-refractivity contribution in [3.8, 4) is 0 Å². The Balaban J connectivity index is 2.20. The van der Waals surface area contributed by atoms with Crippen LogP contribution in [0.5, 0.6) is 0 Å². The number of carbonyl (C=O) groups excluding carboxylic acids is 1. The maximum Gasteiger partial charge on any atom is 0.251 e. The molecule has 3 nitrogen and oxygen atoms in total. The minimum absolute atomic E-state index is 0.156. The van der Waals surface area contributed by atoms with Crippen LogP contribution in [0.1, 0.15) is 39.0 Å². The topological polar surface area (TPSA) is 29.5 Å². The lowest BCUT2D eigenvalue weighted by molar-refractivity contribution is -0.141. The molecule has 94 valence electrons. The third-order valence-corrected chi connectivity index (χ3v) is 3.57. The fourth-order valence-corrected chi connectivity index (χ4v) is 2.36. The first-order valence-electron chi connectivity index (χ1n) is 6.11. The molecule has 1 rings (SSSR count). The van der Waals surface area contributed by atoms with Gasteiger partial charge in [0, 0.05) is 18.9 Å². The van der Waals surface area contributed by atoms with E-state index in [0.717, 1.165) is 31.1 Å². The van der Waals surface area contributed by atoms with Crippen LogP contribution in [0.4, 0.5) is 0 Å². The van der Waals surface area contributed by atoms with Crippen molar-refractivity contribution in [2.45, 2.75) is 51.2 Å². The van der Waals surface area contributed by atoms with E-state index in [-0.39, 0.29) is 18.1 Å². The van der Waals surface area contributed by atoms with E-state index in [1.54, 1.807) is 0 Å². The van der Waals surface area contributed by atoms with Gasteiger partial charge in [-0.25, -0.2) is 0 Å². The standard InChI is InChI=1S/C12H22BrNO2/c1-10-6-7-11(16-10)12(15)14(2)9-5-3-4-8-13/h10-11H,3-9H2,1-2H3. The molecule has 1 heterocycles. The second-order valence-electron chi connectivity index (χ2n) is 4.52. The molecular formula is C12H22BrNO2. The molecule has 0 aromatic carbocycles. The van der Waals surface area contributed by atoms with Crippen molar-refractivity contribution in [3.63, 3.8) is 0 Å². The summed E-state index contributed by atoms with van der Waals surface area (Å²) in [5.41, 5.74) is 0. The fourth-order valence-electron chi connectivity index (χ4n) is 1.96. The number of halogens is 1. The summed E-state index contributed by atoms with van der Waals surface area (Å²) in [5.74, 6) is 0.156. The number of amides is 1. The van der Waals surface area contributed by atoms with E-state index in [0.29, 0.717) is 0 Å². The van der Waals surface area contributed by atoms with Gasteiger partial charge in [-0.2, -0.15) is 0 Å². The number of likely N-dealkylation sites (N-methyl/N-ethyl adjacent to an activating group) is 1. The highest BCUT2D eigenvalue weighted by molar-refractivity contribution is 9.09. The van der Waals surface area contributed by atoms with Crippen LogP contribution in [0, 0.1) is 0 Å². The van der Waals surface area contributed by atoms with Crippen molar-refractivity contribution in [3.05, 3.63) is 0 Å². The number of hydrogen-bond acceptors (Lipinski definition) is 2. The van der Waals surface area contributed by atoms with E-state index in [9.17, 15) is 4.79 Å². The molecule has 0 N–H and O–H groups in total. The summed E-state index contributed by atoms with van der Waals surface area (Å²) in [5, 5.41) is 1.05. The molecule has 16 heavy (non-hydrogen) atoms. The maximum atomic E-state index is 11.9. The zero-order valence-electron chi connectivity index (χ0n) is 10.2. The third kappa shape index (κ3) is 4.42. The maximum absolute atomic E-state index is 11.9. The molecule has 2 atom stereocenters. The molecule has 1 aliphatic rings. The highest BCUT2D eigenvalue weighted by atomic mass is 79.9. The SMILES string of the molecule is CC1CCC(C(=O)N(C)CCCCCBr)O1. The first-order valence-corrected chi connectivity index (χ1v) is 7.23. The molecule has 0 aromatic heterocycles. The molecule has 0 radical (unpaired) electrons. The van der Waals surface area contributed by atoms with Crippen LogP contribution in [0.3, 0.4) is 0 Å². The molecule has 1 amide bonds. The molecule has 1 fully saturated rings. The Labute approximate surface area is 107 Å². The minimum atomic E-state index is -0.184. The minimum Gasteiger partial charge on any atom is -0.365 e. The lowest BCUT2D eigenvalue weighted by atomic mass is 10.2. The van der Waals surface area contributed by atoms with Crippen LogP contribution >= 0.6 is 15.9 Å². The molecule has 1 aliphatic heterocycles. The largest absolute Gasteiger partial charge is 0.365 e. The summed E-state index contributed by atoms with van der Waals surface area (Å²) in [7, 11) is 1.88. The molecule has 4 heteroatoms. The predicted octanol–water partition coefficient (Wildman–Crippen LogP) is 2.58. The summed E-state index contributed by atoms with van der Waals surface area (Å²) in [4.78, 5) is 13.8. The number of rotatable bonds is 6. The molecular weight excluding hydrogens is 270 g/mol. The summed E-state index contributed by atoms with van der Waals surface area (Å²) in [6.07, 6.45) is 5.38. The third-order valence-electron chi connectivity index (χ3n) is 3.01. The number of ether oxygens (including phenoxy) is 1. The zero-order chi connectivity index (χ0) is 12.0. The van der Waals surface area contributed by atoms with Gasteiger partial charge in [0.1, 0.15) is 6.10 Å². The lowest BCUT2D eigenvalue weighted by Gasteiger charge is -2.20. The summed E-state index contributed by atoms with van der Waals surface area (Å²) < 4.78 is 5.57. The Hall–Kier alpha value is -0.0900. The van der Waals surface area contributed by atoms with E-state index >= 15 is 0 Å². The Kier molecular flexibility index (Phi) is 6.36. The van der Waals surface area contributed by atoms with Crippen molar-refractivity contribution < 1.29 is 9.53 Å². The average molecular weight is 292 g/mol. The number of carbonyl (C=O) groups is 1. The second-order valence-corrected chi connectivity index (χ2v) is 5.32. The van der Waals surface area contributed by atoms with Crippen LogP contribution in [-0.4, -0.2) is 41.9 Å². The normalized spacial score (nSPS) is 24.7. The zero-order valence-corrected chi connectivity index (χ0v) is 11.8. The van der Waals surface area contributed by atoms with E-state index in [1.807, 2.05) is 18.9 Å². The van der Waals surface area contributed by atoms with Gasteiger partial charge < -0.3 is 9.64 Å². The van der Waals surface area contributed by atoms with E-state index in [1.165, 1.54) is 12.8 Å². The Bertz CT molecular complexity index is 223. The molecule has 0 aliphatic carbocycles. The van der Waals surface area contributed by atoms with Gasteiger partial charge in [-0.15, -0.1) is 0 Å². The van der Waals surface area contributed by atoms with Gasteiger partial charge in [0.15, 0.2) is 0 Å². The highest BCUT2D eigenvalue weighted by Gasteiger charge is 2.29. The number of nitrogens with zero attached hydrogens (tertiary/aromatic N) is 1. The average Bonchev–Trinajstić information content (AvgIpc) is 2.70. The first kappa shape index (κ1) is 14.0. The number of hydrogen-bond donors (Lipinski definition) is 0. The van der Waals surface area contributed by atoms with Crippen LogP contribution in [0.15, 0.2) is 0 Å². The molecule has 0 spiro atoms. The Morgan fingerprint density at radius 3 is 2.69 bits per heavy atom. The van der Waals surface area contributed by atoms with Crippen molar-refractivity contribution in [2.75, 3.05) is 18.9 Å². The van der Waals surface area contributed by atoms with Gasteiger partial charge in [-0.1, -0.05) is 22.4 Å². The van der Waals surface area contributed by atoms with Crippen LogP contribution in [0.25, 0.3) is 0 Å². The van der Waals surface area contributed by atoms with E-state index < -0.39 is 0 Å². The van der Waals surface area contributed by atoms with Crippen LogP contribution in [-0.2, 0) is 9.53 Å². The first-order chi connectivity index (χ1) is 7.65. The molecule has 0 aromatic rings. The molecule has 0 saturated carbocycles. The van der Waals surface area contributed by atoms with Gasteiger partial charge >= 0.3 is 0 Å². The molecule has 2 unspecified atom stereocenters. The van der Waals surface area contributed by atoms with Crippen LogP contribution in [0.2, 0.25) is 0 Å². The molecule has 0 bridgehead atoms. The summed E-state index contributed by atoms with van der Waals surface area (Å²) in [6.45, 7) is 2.88. The van der Waals surface area contributed by atoms with Gasteiger partial charge in [0.05, 0.1) is 6.10 Å². The van der Waals surface area contributed by atoms with Crippen LogP contribution < -0.4 is 0 Å². The van der Waals surface area contributed by atoms with Crippen molar-refractivity contribution in [1.29, 1.82) is 0 Å². The number of unbranched alkanes of at least 4 members (excludes halogenated alkanes) is 2. The number of alkyl halides is 1. The predicted molar refractivity (Wildman–Crippen MR) is 68.9 cm³/mol. The molecule has 1 saturated heterocycles. The summed E-state index contributed by atoms with van der Waals surface area (Å²) in [6, 6.07) is 0. The van der Waals surface area contributed by atoms with Crippen molar-refractivity contribution in [1.82, 2.24) is 4.90 Å². The van der Waals surface area contributed by atoms with Gasteiger partial charge in [0.2, 0.25) is 0 Å². The van der Waals surface area contributed by atoms with Crippen molar-refractivity contribution >= 4 is 21.8 Å². The van der Waals surface area contributed by atoms with Crippen molar-refractivity contribution in [2.24, 2.45) is 0 Å².